The largest absolute Gasteiger partial charge is 0.342 e. The van der Waals surface area contributed by atoms with Crippen molar-refractivity contribution in [1.29, 1.82) is 0 Å². The summed E-state index contributed by atoms with van der Waals surface area (Å²) in [7, 11) is 0. The van der Waals surface area contributed by atoms with Crippen LogP contribution in [0.15, 0.2) is 42.5 Å². The van der Waals surface area contributed by atoms with E-state index in [2.05, 4.69) is 52.5 Å². The highest BCUT2D eigenvalue weighted by Gasteiger charge is 2.04. The fourth-order valence-electron chi connectivity index (χ4n) is 2.76. The molecular weight excluding hydrogens is 298 g/mol. The lowest BCUT2D eigenvalue weighted by atomic mass is 10.1. The first-order valence-electron chi connectivity index (χ1n) is 8.48. The number of aromatic nitrogens is 2. The van der Waals surface area contributed by atoms with Gasteiger partial charge in [-0.15, -0.1) is 0 Å². The number of rotatable bonds is 6. The van der Waals surface area contributed by atoms with Gasteiger partial charge in [-0.3, -0.25) is 4.79 Å². The summed E-state index contributed by atoms with van der Waals surface area (Å²) in [5, 5.41) is 2.91. The fourth-order valence-corrected chi connectivity index (χ4v) is 2.76. The van der Waals surface area contributed by atoms with Gasteiger partial charge in [-0.2, -0.15) is 0 Å². The van der Waals surface area contributed by atoms with Crippen molar-refractivity contribution < 1.29 is 4.79 Å². The second-order valence-corrected chi connectivity index (χ2v) is 6.20. The Morgan fingerprint density at radius 1 is 1.12 bits per heavy atom. The number of amides is 1. The molecule has 4 nitrogen and oxygen atoms in total. The molecule has 3 aromatic rings. The van der Waals surface area contributed by atoms with Gasteiger partial charge in [-0.05, 0) is 55.2 Å². The average Bonchev–Trinajstić information content (AvgIpc) is 2.96. The molecule has 0 fully saturated rings. The molecule has 0 saturated heterocycles. The Hall–Kier alpha value is -2.62. The Morgan fingerprint density at radius 2 is 1.92 bits per heavy atom. The summed E-state index contributed by atoms with van der Waals surface area (Å²) in [5.74, 6) is 1.08. The first-order valence-corrected chi connectivity index (χ1v) is 8.48. The molecule has 2 N–H and O–H groups in total. The second kappa shape index (κ2) is 7.30. The predicted molar refractivity (Wildman–Crippen MR) is 98.2 cm³/mol. The highest BCUT2D eigenvalue weighted by atomic mass is 16.1. The van der Waals surface area contributed by atoms with Gasteiger partial charge in [0.25, 0.3) is 0 Å². The van der Waals surface area contributed by atoms with Crippen molar-refractivity contribution in [3.8, 4) is 0 Å². The number of aryl methyl sites for hydroxylation is 3. The van der Waals surface area contributed by atoms with Crippen LogP contribution in [0, 0.1) is 6.92 Å². The molecule has 0 aliphatic heterocycles. The van der Waals surface area contributed by atoms with Gasteiger partial charge < -0.3 is 10.3 Å². The first kappa shape index (κ1) is 16.2. The zero-order valence-electron chi connectivity index (χ0n) is 14.2. The van der Waals surface area contributed by atoms with Crippen molar-refractivity contribution in [3.63, 3.8) is 0 Å². The molecule has 3 rings (SSSR count). The Labute approximate surface area is 142 Å². The number of hydrogen-bond donors (Lipinski definition) is 2. The molecule has 2 aromatic carbocycles. The Balaban J connectivity index is 1.60. The minimum absolute atomic E-state index is 0.0721. The van der Waals surface area contributed by atoms with Crippen LogP contribution in [0.4, 0.5) is 5.69 Å². The average molecular weight is 321 g/mol. The Morgan fingerprint density at radius 3 is 2.67 bits per heavy atom. The summed E-state index contributed by atoms with van der Waals surface area (Å²) in [6.07, 6.45) is 3.21. The Kier molecular flexibility index (Phi) is 4.94. The van der Waals surface area contributed by atoms with Crippen LogP contribution < -0.4 is 5.32 Å². The molecule has 1 aromatic heterocycles. The summed E-state index contributed by atoms with van der Waals surface area (Å²) in [5.41, 5.74) is 5.44. The quantitative estimate of drug-likeness (QED) is 0.707. The Bertz CT molecular complexity index is 834. The van der Waals surface area contributed by atoms with Crippen molar-refractivity contribution in [3.05, 3.63) is 59.4 Å². The molecule has 0 bridgehead atoms. The number of aromatic amines is 1. The third kappa shape index (κ3) is 4.02. The molecular formula is C20H23N3O. The van der Waals surface area contributed by atoms with Gasteiger partial charge >= 0.3 is 0 Å². The van der Waals surface area contributed by atoms with Crippen molar-refractivity contribution in [2.24, 2.45) is 0 Å². The minimum atomic E-state index is 0.0721. The normalized spacial score (nSPS) is 10.9. The second-order valence-electron chi connectivity index (χ2n) is 6.20. The number of carbonyl (C=O) groups excluding carboxylic acids is 1. The highest BCUT2D eigenvalue weighted by molar-refractivity contribution is 5.90. The molecule has 0 saturated carbocycles. The third-order valence-electron chi connectivity index (χ3n) is 4.05. The van der Waals surface area contributed by atoms with Crippen LogP contribution in [0.25, 0.3) is 11.0 Å². The third-order valence-corrected chi connectivity index (χ3v) is 4.05. The van der Waals surface area contributed by atoms with Gasteiger partial charge in [-0.25, -0.2) is 4.98 Å². The topological polar surface area (TPSA) is 57.8 Å². The van der Waals surface area contributed by atoms with Crippen molar-refractivity contribution >= 4 is 22.6 Å². The van der Waals surface area contributed by atoms with Gasteiger partial charge in [0.15, 0.2) is 0 Å². The summed E-state index contributed by atoms with van der Waals surface area (Å²) >= 11 is 0. The molecule has 124 valence electrons. The van der Waals surface area contributed by atoms with E-state index in [-0.39, 0.29) is 5.91 Å². The number of carbonyl (C=O) groups is 1. The molecule has 0 spiro atoms. The van der Waals surface area contributed by atoms with E-state index < -0.39 is 0 Å². The molecule has 0 atom stereocenters. The van der Waals surface area contributed by atoms with Crippen LogP contribution in [-0.4, -0.2) is 15.9 Å². The summed E-state index contributed by atoms with van der Waals surface area (Å²) in [4.78, 5) is 19.6. The number of imidazole rings is 1. The predicted octanol–water partition coefficient (Wildman–Crippen LogP) is 4.40. The number of benzene rings is 2. The lowest BCUT2D eigenvalue weighted by Gasteiger charge is -2.05. The SMILES string of the molecule is CCCC(=O)Nc1ccc(CCc2nc3ccc(C)cc3[nH]2)cc1. The van der Waals surface area contributed by atoms with E-state index in [1.807, 2.05) is 19.1 Å². The molecule has 24 heavy (non-hydrogen) atoms. The molecule has 1 amide bonds. The van der Waals surface area contributed by atoms with Crippen molar-refractivity contribution in [1.82, 2.24) is 9.97 Å². The fraction of sp³-hybridized carbons (Fsp3) is 0.300. The monoisotopic (exact) mass is 321 g/mol. The summed E-state index contributed by atoms with van der Waals surface area (Å²) < 4.78 is 0. The maximum atomic E-state index is 11.6. The van der Waals surface area contributed by atoms with Crippen LogP contribution in [0.5, 0.6) is 0 Å². The van der Waals surface area contributed by atoms with Gasteiger partial charge in [0.2, 0.25) is 5.91 Å². The maximum Gasteiger partial charge on any atom is 0.224 e. The maximum absolute atomic E-state index is 11.6. The molecule has 0 unspecified atom stereocenters. The number of fused-ring (bicyclic) bond motifs is 1. The number of H-pyrrole nitrogens is 1. The molecule has 0 aliphatic carbocycles. The van der Waals surface area contributed by atoms with E-state index in [9.17, 15) is 4.79 Å². The molecule has 4 heteroatoms. The van der Waals surface area contributed by atoms with Gasteiger partial charge in [0.05, 0.1) is 11.0 Å². The number of hydrogen-bond acceptors (Lipinski definition) is 2. The standard InChI is InChI=1S/C20H23N3O/c1-3-4-20(24)21-16-9-6-15(7-10-16)8-12-19-22-17-11-5-14(2)13-18(17)23-19/h5-7,9-11,13H,3-4,8,12H2,1-2H3,(H,21,24)(H,22,23). The zero-order valence-corrected chi connectivity index (χ0v) is 14.2. The van der Waals surface area contributed by atoms with E-state index in [1.165, 1.54) is 11.1 Å². The van der Waals surface area contributed by atoms with Gasteiger partial charge in [0, 0.05) is 18.5 Å². The van der Waals surface area contributed by atoms with E-state index in [4.69, 9.17) is 0 Å². The summed E-state index contributed by atoms with van der Waals surface area (Å²) in [6, 6.07) is 14.3. The van der Waals surface area contributed by atoms with Crippen LogP contribution in [-0.2, 0) is 17.6 Å². The van der Waals surface area contributed by atoms with E-state index in [0.29, 0.717) is 6.42 Å². The smallest absolute Gasteiger partial charge is 0.224 e. The first-order chi connectivity index (χ1) is 11.6. The van der Waals surface area contributed by atoms with Gasteiger partial charge in [0.1, 0.15) is 5.82 Å². The van der Waals surface area contributed by atoms with Crippen LogP contribution >= 0.6 is 0 Å². The molecule has 1 heterocycles. The van der Waals surface area contributed by atoms with E-state index in [1.54, 1.807) is 0 Å². The highest BCUT2D eigenvalue weighted by Crippen LogP contribution is 2.16. The lowest BCUT2D eigenvalue weighted by Crippen LogP contribution is -2.10. The molecule has 0 radical (unpaired) electrons. The van der Waals surface area contributed by atoms with Crippen molar-refractivity contribution in [2.45, 2.75) is 39.5 Å². The van der Waals surface area contributed by atoms with Crippen LogP contribution in [0.1, 0.15) is 36.7 Å². The zero-order chi connectivity index (χ0) is 16.9. The minimum Gasteiger partial charge on any atom is -0.342 e. The van der Waals surface area contributed by atoms with Crippen LogP contribution in [0.3, 0.4) is 0 Å². The van der Waals surface area contributed by atoms with E-state index >= 15 is 0 Å². The number of nitrogens with one attached hydrogen (secondary N) is 2. The van der Waals surface area contributed by atoms with E-state index in [0.717, 1.165) is 41.8 Å². The van der Waals surface area contributed by atoms with Crippen LogP contribution in [0.2, 0.25) is 0 Å². The summed E-state index contributed by atoms with van der Waals surface area (Å²) in [6.45, 7) is 4.09. The van der Waals surface area contributed by atoms with Crippen molar-refractivity contribution in [2.75, 3.05) is 5.32 Å². The lowest BCUT2D eigenvalue weighted by molar-refractivity contribution is -0.116. The van der Waals surface area contributed by atoms with Gasteiger partial charge in [-0.1, -0.05) is 25.1 Å². The number of nitrogens with zero attached hydrogens (tertiary/aromatic N) is 1. The number of anilines is 1. The molecule has 0 aliphatic rings.